The van der Waals surface area contributed by atoms with Crippen LogP contribution < -0.4 is 11.1 Å². The Morgan fingerprint density at radius 1 is 1.29 bits per heavy atom. The first-order chi connectivity index (χ1) is 8.06. The monoisotopic (exact) mass is 239 g/mol. The highest BCUT2D eigenvalue weighted by molar-refractivity contribution is 5.76. The lowest BCUT2D eigenvalue weighted by molar-refractivity contribution is -0.124. The Kier molecular flexibility index (Phi) is 3.66. The second-order valence-corrected chi connectivity index (χ2v) is 5.25. The van der Waals surface area contributed by atoms with Crippen molar-refractivity contribution in [2.45, 2.75) is 57.2 Å². The third-order valence-electron chi connectivity index (χ3n) is 3.87. The van der Waals surface area contributed by atoms with E-state index in [-0.39, 0.29) is 17.9 Å². The van der Waals surface area contributed by atoms with E-state index in [1.54, 1.807) is 6.92 Å². The van der Waals surface area contributed by atoms with Gasteiger partial charge in [-0.25, -0.2) is 0 Å². The van der Waals surface area contributed by atoms with Gasteiger partial charge in [-0.2, -0.15) is 0 Å². The molecule has 2 saturated heterocycles. The van der Waals surface area contributed by atoms with E-state index in [1.165, 1.54) is 6.42 Å². The van der Waals surface area contributed by atoms with E-state index in [9.17, 15) is 9.59 Å². The zero-order valence-corrected chi connectivity index (χ0v) is 10.3. The number of hydrogen-bond donors (Lipinski definition) is 2. The van der Waals surface area contributed by atoms with Gasteiger partial charge in [0, 0.05) is 25.0 Å². The standard InChI is InChI=1S/C12H21N3O2/c1-8(16)14-9-5-10-3-2-4-11(6-9)15(10)7-12(13)17/h9-11H,2-7H2,1H3,(H2,13,17)(H,14,16). The number of primary amides is 1. The average molecular weight is 239 g/mol. The molecule has 17 heavy (non-hydrogen) atoms. The van der Waals surface area contributed by atoms with E-state index in [1.807, 2.05) is 0 Å². The maximum atomic E-state index is 11.1. The molecule has 0 saturated carbocycles. The van der Waals surface area contributed by atoms with Crippen molar-refractivity contribution in [1.29, 1.82) is 0 Å². The van der Waals surface area contributed by atoms with E-state index >= 15 is 0 Å². The van der Waals surface area contributed by atoms with Crippen molar-refractivity contribution < 1.29 is 9.59 Å². The minimum Gasteiger partial charge on any atom is -0.369 e. The molecule has 2 fully saturated rings. The van der Waals surface area contributed by atoms with Crippen molar-refractivity contribution in [1.82, 2.24) is 10.2 Å². The number of nitrogens with one attached hydrogen (secondary N) is 1. The molecule has 0 spiro atoms. The topological polar surface area (TPSA) is 75.4 Å². The summed E-state index contributed by atoms with van der Waals surface area (Å²) in [6.07, 6.45) is 5.34. The summed E-state index contributed by atoms with van der Waals surface area (Å²) in [4.78, 5) is 24.4. The molecule has 3 N–H and O–H groups in total. The van der Waals surface area contributed by atoms with Crippen LogP contribution in [-0.4, -0.2) is 41.4 Å². The number of carbonyl (C=O) groups excluding carboxylic acids is 2. The molecule has 2 atom stereocenters. The summed E-state index contributed by atoms with van der Waals surface area (Å²) in [5, 5.41) is 3.00. The van der Waals surface area contributed by atoms with Crippen LogP contribution in [0.5, 0.6) is 0 Å². The average Bonchev–Trinajstić information content (AvgIpc) is 2.17. The Morgan fingerprint density at radius 3 is 2.35 bits per heavy atom. The van der Waals surface area contributed by atoms with Gasteiger partial charge in [0.05, 0.1) is 6.54 Å². The Balaban J connectivity index is 2.00. The van der Waals surface area contributed by atoms with Gasteiger partial charge < -0.3 is 11.1 Å². The summed E-state index contributed by atoms with van der Waals surface area (Å²) in [5.41, 5.74) is 5.29. The molecule has 2 unspecified atom stereocenters. The first kappa shape index (κ1) is 12.4. The summed E-state index contributed by atoms with van der Waals surface area (Å²) < 4.78 is 0. The maximum Gasteiger partial charge on any atom is 0.231 e. The van der Waals surface area contributed by atoms with Crippen molar-refractivity contribution in [2.24, 2.45) is 5.73 Å². The molecule has 0 aromatic rings. The largest absolute Gasteiger partial charge is 0.369 e. The molecule has 96 valence electrons. The van der Waals surface area contributed by atoms with E-state index < -0.39 is 0 Å². The first-order valence-corrected chi connectivity index (χ1v) is 6.37. The van der Waals surface area contributed by atoms with Crippen molar-refractivity contribution in [2.75, 3.05) is 6.54 Å². The first-order valence-electron chi connectivity index (χ1n) is 6.37. The van der Waals surface area contributed by atoms with E-state index in [2.05, 4.69) is 10.2 Å². The lowest BCUT2D eigenvalue weighted by Crippen LogP contribution is -2.58. The number of nitrogens with two attached hydrogens (primary N) is 1. The van der Waals surface area contributed by atoms with E-state index in [4.69, 9.17) is 5.73 Å². The molecule has 2 bridgehead atoms. The van der Waals surface area contributed by atoms with Crippen LogP contribution in [0.25, 0.3) is 0 Å². The number of fused-ring (bicyclic) bond motifs is 2. The van der Waals surface area contributed by atoms with Gasteiger partial charge in [0.15, 0.2) is 0 Å². The summed E-state index contributed by atoms with van der Waals surface area (Å²) >= 11 is 0. The molecule has 5 heteroatoms. The fourth-order valence-corrected chi connectivity index (χ4v) is 3.32. The van der Waals surface area contributed by atoms with Crippen molar-refractivity contribution >= 4 is 11.8 Å². The van der Waals surface area contributed by atoms with E-state index in [0.29, 0.717) is 18.6 Å². The van der Waals surface area contributed by atoms with Gasteiger partial charge in [0.25, 0.3) is 0 Å². The highest BCUT2D eigenvalue weighted by Gasteiger charge is 2.38. The Bertz CT molecular complexity index is 305. The molecule has 2 rings (SSSR count). The Labute approximate surface area is 102 Å². The lowest BCUT2D eigenvalue weighted by Gasteiger charge is -2.48. The molecule has 0 aliphatic carbocycles. The lowest BCUT2D eigenvalue weighted by atomic mass is 9.81. The van der Waals surface area contributed by atoms with Crippen LogP contribution in [0.4, 0.5) is 0 Å². The van der Waals surface area contributed by atoms with Crippen LogP contribution in [-0.2, 0) is 9.59 Å². The van der Waals surface area contributed by atoms with Gasteiger partial charge in [-0.05, 0) is 25.7 Å². The van der Waals surface area contributed by atoms with Crippen LogP contribution >= 0.6 is 0 Å². The van der Waals surface area contributed by atoms with Crippen molar-refractivity contribution in [3.8, 4) is 0 Å². The minimum atomic E-state index is -0.250. The Hall–Kier alpha value is -1.10. The normalized spacial score (nSPS) is 33.1. The molecule has 0 aromatic carbocycles. The zero-order chi connectivity index (χ0) is 12.4. The predicted octanol–water partition coefficient (Wildman–Crippen LogP) is -0.00670. The fraction of sp³-hybridized carbons (Fsp3) is 0.833. The summed E-state index contributed by atoms with van der Waals surface area (Å²) in [6, 6.07) is 1.09. The number of amides is 2. The van der Waals surface area contributed by atoms with E-state index in [0.717, 1.165) is 25.7 Å². The molecule has 5 nitrogen and oxygen atoms in total. The second kappa shape index (κ2) is 5.04. The van der Waals surface area contributed by atoms with Crippen LogP contribution in [0.1, 0.15) is 39.0 Å². The highest BCUT2D eigenvalue weighted by Crippen LogP contribution is 2.33. The van der Waals surface area contributed by atoms with Gasteiger partial charge >= 0.3 is 0 Å². The SMILES string of the molecule is CC(=O)NC1CC2CCCC(C1)N2CC(N)=O. The van der Waals surface area contributed by atoms with Crippen LogP contribution in [0, 0.1) is 0 Å². The highest BCUT2D eigenvalue weighted by atomic mass is 16.2. The number of rotatable bonds is 3. The molecule has 2 aliphatic rings. The summed E-state index contributed by atoms with van der Waals surface area (Å²) in [7, 11) is 0. The smallest absolute Gasteiger partial charge is 0.231 e. The van der Waals surface area contributed by atoms with Crippen LogP contribution in [0.15, 0.2) is 0 Å². The minimum absolute atomic E-state index is 0.0384. The zero-order valence-electron chi connectivity index (χ0n) is 10.3. The quantitative estimate of drug-likeness (QED) is 0.727. The molecular formula is C12H21N3O2. The molecular weight excluding hydrogens is 218 g/mol. The van der Waals surface area contributed by atoms with Crippen LogP contribution in [0.2, 0.25) is 0 Å². The maximum absolute atomic E-state index is 11.1. The Morgan fingerprint density at radius 2 is 1.88 bits per heavy atom. The van der Waals surface area contributed by atoms with Gasteiger partial charge in [0.1, 0.15) is 0 Å². The number of carbonyl (C=O) groups is 2. The van der Waals surface area contributed by atoms with Crippen molar-refractivity contribution in [3.05, 3.63) is 0 Å². The van der Waals surface area contributed by atoms with Gasteiger partial charge in [0.2, 0.25) is 11.8 Å². The third-order valence-corrected chi connectivity index (χ3v) is 3.87. The summed E-state index contributed by atoms with van der Waals surface area (Å²) in [5.74, 6) is -0.212. The van der Waals surface area contributed by atoms with Crippen molar-refractivity contribution in [3.63, 3.8) is 0 Å². The predicted molar refractivity (Wildman–Crippen MR) is 64.2 cm³/mol. The number of piperidine rings is 2. The van der Waals surface area contributed by atoms with Crippen LogP contribution in [0.3, 0.4) is 0 Å². The van der Waals surface area contributed by atoms with Gasteiger partial charge in [-0.1, -0.05) is 6.42 Å². The fourth-order valence-electron chi connectivity index (χ4n) is 3.32. The number of nitrogens with zero attached hydrogens (tertiary/aromatic N) is 1. The number of hydrogen-bond acceptors (Lipinski definition) is 3. The molecule has 2 amide bonds. The molecule has 0 aromatic heterocycles. The van der Waals surface area contributed by atoms with Gasteiger partial charge in [-0.3, -0.25) is 14.5 Å². The molecule has 2 heterocycles. The summed E-state index contributed by atoms with van der Waals surface area (Å²) in [6.45, 7) is 1.92. The third kappa shape index (κ3) is 2.97. The molecule has 0 radical (unpaired) electrons. The van der Waals surface area contributed by atoms with Gasteiger partial charge in [-0.15, -0.1) is 0 Å². The second-order valence-electron chi connectivity index (χ2n) is 5.25. The molecule has 2 aliphatic heterocycles.